The van der Waals surface area contributed by atoms with Gasteiger partial charge in [0.25, 0.3) is 0 Å². The topological polar surface area (TPSA) is 74.3 Å². The summed E-state index contributed by atoms with van der Waals surface area (Å²) in [5.74, 6) is -0.360. The molecule has 0 radical (unpaired) electrons. The van der Waals surface area contributed by atoms with Gasteiger partial charge in [-0.15, -0.1) is 0 Å². The average molecular weight is 353 g/mol. The van der Waals surface area contributed by atoms with E-state index in [-0.39, 0.29) is 18.9 Å². The van der Waals surface area contributed by atoms with Gasteiger partial charge in [-0.25, -0.2) is 9.50 Å². The molecule has 0 unspecified atom stereocenters. The summed E-state index contributed by atoms with van der Waals surface area (Å²) in [6.07, 6.45) is -3.46. The standard InChI is InChI=1S/C16H18F3N5O/c1-10-13(4-5-14(25)23(3)7-6-16(17,18)19)11(2)24-15(22-10)12(8-20)9-21-24/h9H,4-7H2,1-3H3. The van der Waals surface area contributed by atoms with E-state index in [0.717, 1.165) is 16.2 Å². The maximum Gasteiger partial charge on any atom is 0.390 e. The maximum absolute atomic E-state index is 12.2. The zero-order valence-electron chi connectivity index (χ0n) is 14.2. The zero-order chi connectivity index (χ0) is 18.8. The lowest BCUT2D eigenvalue weighted by molar-refractivity contribution is -0.144. The van der Waals surface area contributed by atoms with Crippen LogP contribution in [0.4, 0.5) is 13.2 Å². The Labute approximate surface area is 142 Å². The minimum absolute atomic E-state index is 0.0790. The highest BCUT2D eigenvalue weighted by Gasteiger charge is 2.28. The molecule has 25 heavy (non-hydrogen) atoms. The molecule has 0 saturated carbocycles. The van der Waals surface area contributed by atoms with E-state index >= 15 is 0 Å². The first-order chi connectivity index (χ1) is 11.6. The number of aryl methyl sites for hydroxylation is 2. The van der Waals surface area contributed by atoms with Crippen LogP contribution < -0.4 is 0 Å². The summed E-state index contributed by atoms with van der Waals surface area (Å²) in [6.45, 7) is 3.22. The maximum atomic E-state index is 12.2. The molecule has 0 fully saturated rings. The second-order valence-electron chi connectivity index (χ2n) is 5.85. The van der Waals surface area contributed by atoms with Crippen LogP contribution in [0.1, 0.15) is 35.4 Å². The Kier molecular flexibility index (Phi) is 5.30. The number of amides is 1. The zero-order valence-corrected chi connectivity index (χ0v) is 14.2. The molecule has 1 amide bonds. The van der Waals surface area contributed by atoms with E-state index in [1.165, 1.54) is 13.2 Å². The highest BCUT2D eigenvalue weighted by Crippen LogP contribution is 2.21. The predicted octanol–water partition coefficient (Wildman–Crippen LogP) is 2.56. The fourth-order valence-corrected chi connectivity index (χ4v) is 2.59. The highest BCUT2D eigenvalue weighted by molar-refractivity contribution is 5.76. The van der Waals surface area contributed by atoms with Gasteiger partial charge < -0.3 is 4.90 Å². The van der Waals surface area contributed by atoms with E-state index in [2.05, 4.69) is 10.1 Å². The van der Waals surface area contributed by atoms with Crippen molar-refractivity contribution in [2.75, 3.05) is 13.6 Å². The summed E-state index contributed by atoms with van der Waals surface area (Å²) >= 11 is 0. The number of hydrogen-bond acceptors (Lipinski definition) is 4. The van der Waals surface area contributed by atoms with E-state index in [0.29, 0.717) is 23.3 Å². The molecule has 0 aliphatic carbocycles. The molecule has 0 saturated heterocycles. The Hall–Kier alpha value is -2.63. The number of carbonyl (C=O) groups excluding carboxylic acids is 1. The molecule has 2 heterocycles. The van der Waals surface area contributed by atoms with Gasteiger partial charge in [0.1, 0.15) is 11.6 Å². The third-order valence-corrected chi connectivity index (χ3v) is 4.07. The van der Waals surface area contributed by atoms with Gasteiger partial charge in [0.2, 0.25) is 5.91 Å². The fourth-order valence-electron chi connectivity index (χ4n) is 2.59. The van der Waals surface area contributed by atoms with Crippen molar-refractivity contribution in [1.82, 2.24) is 19.5 Å². The van der Waals surface area contributed by atoms with Gasteiger partial charge in [-0.2, -0.15) is 23.5 Å². The number of fused-ring (bicyclic) bond motifs is 1. The average Bonchev–Trinajstić information content (AvgIpc) is 2.94. The van der Waals surface area contributed by atoms with Crippen LogP contribution in [0.15, 0.2) is 6.20 Å². The number of nitrogens with zero attached hydrogens (tertiary/aromatic N) is 5. The normalized spacial score (nSPS) is 11.6. The quantitative estimate of drug-likeness (QED) is 0.828. The summed E-state index contributed by atoms with van der Waals surface area (Å²) in [7, 11) is 1.36. The van der Waals surface area contributed by atoms with Gasteiger partial charge in [-0.3, -0.25) is 4.79 Å². The largest absolute Gasteiger partial charge is 0.390 e. The number of carbonyl (C=O) groups is 1. The molecule has 134 valence electrons. The first-order valence-electron chi connectivity index (χ1n) is 7.68. The van der Waals surface area contributed by atoms with Crippen molar-refractivity contribution in [2.45, 2.75) is 39.3 Å². The minimum Gasteiger partial charge on any atom is -0.345 e. The molecule has 0 aliphatic heterocycles. The highest BCUT2D eigenvalue weighted by atomic mass is 19.4. The van der Waals surface area contributed by atoms with Crippen molar-refractivity contribution >= 4 is 11.6 Å². The van der Waals surface area contributed by atoms with Gasteiger partial charge in [0.15, 0.2) is 5.65 Å². The minimum atomic E-state index is -4.28. The Morgan fingerprint density at radius 1 is 1.40 bits per heavy atom. The Morgan fingerprint density at radius 3 is 2.68 bits per heavy atom. The second kappa shape index (κ2) is 7.09. The van der Waals surface area contributed by atoms with E-state index in [1.54, 1.807) is 11.4 Å². The first kappa shape index (κ1) is 18.7. The molecule has 0 spiro atoms. The molecule has 9 heteroatoms. The van der Waals surface area contributed by atoms with Gasteiger partial charge in [-0.05, 0) is 25.8 Å². The smallest absolute Gasteiger partial charge is 0.345 e. The number of nitriles is 1. The van der Waals surface area contributed by atoms with Crippen LogP contribution in [0.25, 0.3) is 5.65 Å². The Bertz CT molecular complexity index is 835. The number of aromatic nitrogens is 3. The molecular weight excluding hydrogens is 335 g/mol. The molecule has 6 nitrogen and oxygen atoms in total. The fraction of sp³-hybridized carbons (Fsp3) is 0.500. The van der Waals surface area contributed by atoms with Crippen LogP contribution in [0.3, 0.4) is 0 Å². The Morgan fingerprint density at radius 2 is 2.08 bits per heavy atom. The lowest BCUT2D eigenvalue weighted by atomic mass is 10.1. The number of rotatable bonds is 5. The van der Waals surface area contributed by atoms with Crippen molar-refractivity contribution in [1.29, 1.82) is 5.26 Å². The van der Waals surface area contributed by atoms with Crippen LogP contribution in [0.2, 0.25) is 0 Å². The number of alkyl halides is 3. The summed E-state index contributed by atoms with van der Waals surface area (Å²) in [5.41, 5.74) is 3.05. The van der Waals surface area contributed by atoms with E-state index in [4.69, 9.17) is 5.26 Å². The summed E-state index contributed by atoms with van der Waals surface area (Å²) in [5, 5.41) is 13.2. The van der Waals surface area contributed by atoms with Gasteiger partial charge in [0.05, 0.1) is 12.6 Å². The Balaban J connectivity index is 2.11. The van der Waals surface area contributed by atoms with Gasteiger partial charge in [0, 0.05) is 31.4 Å². The first-order valence-corrected chi connectivity index (χ1v) is 7.68. The number of halogens is 3. The monoisotopic (exact) mass is 353 g/mol. The molecule has 0 atom stereocenters. The van der Waals surface area contributed by atoms with E-state index in [1.807, 2.05) is 13.0 Å². The molecular formula is C16H18F3N5O. The molecule has 2 aromatic rings. The van der Waals surface area contributed by atoms with Crippen LogP contribution in [-0.2, 0) is 11.2 Å². The van der Waals surface area contributed by atoms with Crippen LogP contribution in [-0.4, -0.2) is 45.2 Å². The molecule has 0 N–H and O–H groups in total. The van der Waals surface area contributed by atoms with E-state index < -0.39 is 12.6 Å². The summed E-state index contributed by atoms with van der Waals surface area (Å²) < 4.78 is 38.3. The van der Waals surface area contributed by atoms with Crippen molar-refractivity contribution in [3.05, 3.63) is 28.7 Å². The van der Waals surface area contributed by atoms with Crippen molar-refractivity contribution in [3.63, 3.8) is 0 Å². The van der Waals surface area contributed by atoms with Crippen LogP contribution in [0.5, 0.6) is 0 Å². The third kappa shape index (κ3) is 4.26. The van der Waals surface area contributed by atoms with Gasteiger partial charge in [-0.1, -0.05) is 0 Å². The van der Waals surface area contributed by atoms with Crippen molar-refractivity contribution < 1.29 is 18.0 Å². The van der Waals surface area contributed by atoms with E-state index in [9.17, 15) is 18.0 Å². The predicted molar refractivity (Wildman–Crippen MR) is 83.8 cm³/mol. The third-order valence-electron chi connectivity index (χ3n) is 4.07. The number of hydrogen-bond donors (Lipinski definition) is 0. The van der Waals surface area contributed by atoms with Crippen LogP contribution >= 0.6 is 0 Å². The molecule has 0 aromatic carbocycles. The van der Waals surface area contributed by atoms with Crippen LogP contribution in [0, 0.1) is 25.2 Å². The lowest BCUT2D eigenvalue weighted by Gasteiger charge is -2.18. The SMILES string of the molecule is Cc1nc2c(C#N)cnn2c(C)c1CCC(=O)N(C)CCC(F)(F)F. The molecule has 2 aromatic heterocycles. The summed E-state index contributed by atoms with van der Waals surface area (Å²) in [4.78, 5) is 17.5. The lowest BCUT2D eigenvalue weighted by Crippen LogP contribution is -2.30. The van der Waals surface area contributed by atoms with Crippen molar-refractivity contribution in [3.8, 4) is 6.07 Å². The molecule has 2 rings (SSSR count). The summed E-state index contributed by atoms with van der Waals surface area (Å²) in [6, 6.07) is 2.02. The van der Waals surface area contributed by atoms with Crippen molar-refractivity contribution in [2.24, 2.45) is 0 Å². The molecule has 0 bridgehead atoms. The second-order valence-corrected chi connectivity index (χ2v) is 5.85. The van der Waals surface area contributed by atoms with Gasteiger partial charge >= 0.3 is 6.18 Å². The molecule has 0 aliphatic rings.